The highest BCUT2D eigenvalue weighted by molar-refractivity contribution is 5.89. The first-order valence-electron chi connectivity index (χ1n) is 6.62. The van der Waals surface area contributed by atoms with E-state index in [0.29, 0.717) is 6.04 Å². The lowest BCUT2D eigenvalue weighted by molar-refractivity contribution is 0.243. The largest absolute Gasteiger partial charge is 0.497 e. The Kier molecular flexibility index (Phi) is 4.63. The molecule has 1 heterocycles. The van der Waals surface area contributed by atoms with E-state index in [2.05, 4.69) is 22.9 Å². The minimum Gasteiger partial charge on any atom is -0.497 e. The van der Waals surface area contributed by atoms with Crippen LogP contribution in [0.15, 0.2) is 24.3 Å². The maximum Gasteiger partial charge on any atom is 0.319 e. The van der Waals surface area contributed by atoms with Crippen molar-refractivity contribution in [2.24, 2.45) is 0 Å². The van der Waals surface area contributed by atoms with Crippen molar-refractivity contribution >= 4 is 11.7 Å². The van der Waals surface area contributed by atoms with Crippen molar-refractivity contribution in [1.29, 1.82) is 0 Å². The fourth-order valence-corrected chi connectivity index (χ4v) is 2.15. The van der Waals surface area contributed by atoms with E-state index in [1.165, 1.54) is 0 Å². The van der Waals surface area contributed by atoms with E-state index < -0.39 is 0 Å². The molecule has 0 radical (unpaired) electrons. The van der Waals surface area contributed by atoms with E-state index >= 15 is 0 Å². The predicted octanol–water partition coefficient (Wildman–Crippen LogP) is 1.96. The van der Waals surface area contributed by atoms with E-state index in [-0.39, 0.29) is 12.1 Å². The van der Waals surface area contributed by atoms with Crippen LogP contribution in [0.2, 0.25) is 0 Å². The van der Waals surface area contributed by atoms with Gasteiger partial charge in [-0.15, -0.1) is 0 Å². The van der Waals surface area contributed by atoms with Gasteiger partial charge in [0.15, 0.2) is 0 Å². The zero-order valence-electron chi connectivity index (χ0n) is 11.4. The van der Waals surface area contributed by atoms with Gasteiger partial charge in [-0.05, 0) is 44.0 Å². The van der Waals surface area contributed by atoms with Crippen molar-refractivity contribution in [3.8, 4) is 5.75 Å². The quantitative estimate of drug-likeness (QED) is 0.781. The topological polar surface area (TPSA) is 62.4 Å². The molecule has 3 N–H and O–H groups in total. The van der Waals surface area contributed by atoms with Gasteiger partial charge in [0.25, 0.3) is 0 Å². The molecule has 2 unspecified atom stereocenters. The van der Waals surface area contributed by atoms with E-state index in [9.17, 15) is 4.79 Å². The highest BCUT2D eigenvalue weighted by Crippen LogP contribution is 2.15. The molecule has 1 aliphatic rings. The van der Waals surface area contributed by atoms with Crippen molar-refractivity contribution in [2.75, 3.05) is 19.0 Å². The van der Waals surface area contributed by atoms with Crippen LogP contribution in [-0.2, 0) is 0 Å². The van der Waals surface area contributed by atoms with Gasteiger partial charge >= 0.3 is 6.03 Å². The van der Waals surface area contributed by atoms with E-state index in [1.54, 1.807) is 7.11 Å². The number of nitrogens with one attached hydrogen (secondary N) is 3. The number of hydrogen-bond acceptors (Lipinski definition) is 3. The average Bonchev–Trinajstić information content (AvgIpc) is 2.42. The Morgan fingerprint density at radius 1 is 1.32 bits per heavy atom. The molecule has 2 rings (SSSR count). The molecule has 2 amide bonds. The minimum atomic E-state index is -0.161. The first-order valence-corrected chi connectivity index (χ1v) is 6.62. The summed E-state index contributed by atoms with van der Waals surface area (Å²) < 4.78 is 5.07. The number of carbonyl (C=O) groups excluding carboxylic acids is 1. The fourth-order valence-electron chi connectivity index (χ4n) is 2.15. The zero-order chi connectivity index (χ0) is 13.7. The summed E-state index contributed by atoms with van der Waals surface area (Å²) >= 11 is 0. The molecular formula is C14H21N3O2. The van der Waals surface area contributed by atoms with Crippen molar-refractivity contribution < 1.29 is 9.53 Å². The third kappa shape index (κ3) is 4.13. The van der Waals surface area contributed by atoms with Crippen LogP contribution in [0.1, 0.15) is 19.8 Å². The molecular weight excluding hydrogens is 242 g/mol. The zero-order valence-corrected chi connectivity index (χ0v) is 11.4. The number of piperidine rings is 1. The fraction of sp³-hybridized carbons (Fsp3) is 0.500. The average molecular weight is 263 g/mol. The SMILES string of the molecule is COc1ccc(NC(=O)NC2CCC(C)NC2)cc1. The predicted molar refractivity (Wildman–Crippen MR) is 75.6 cm³/mol. The van der Waals surface area contributed by atoms with Crippen LogP contribution < -0.4 is 20.7 Å². The summed E-state index contributed by atoms with van der Waals surface area (Å²) in [6.45, 7) is 2.99. The Balaban J connectivity index is 1.80. The van der Waals surface area contributed by atoms with Gasteiger partial charge in [-0.25, -0.2) is 4.79 Å². The van der Waals surface area contributed by atoms with Gasteiger partial charge in [-0.3, -0.25) is 0 Å². The van der Waals surface area contributed by atoms with E-state index in [4.69, 9.17) is 4.74 Å². The van der Waals surface area contributed by atoms with Crippen molar-refractivity contribution in [1.82, 2.24) is 10.6 Å². The number of rotatable bonds is 3. The molecule has 0 aliphatic carbocycles. The van der Waals surface area contributed by atoms with Gasteiger partial charge in [-0.2, -0.15) is 0 Å². The summed E-state index contributed by atoms with van der Waals surface area (Å²) in [5.41, 5.74) is 0.760. The van der Waals surface area contributed by atoms with Crippen LogP contribution in [0, 0.1) is 0 Å². The molecule has 0 bridgehead atoms. The Morgan fingerprint density at radius 3 is 2.63 bits per heavy atom. The highest BCUT2D eigenvalue weighted by atomic mass is 16.5. The van der Waals surface area contributed by atoms with Crippen molar-refractivity contribution in [2.45, 2.75) is 31.8 Å². The van der Waals surface area contributed by atoms with Crippen molar-refractivity contribution in [3.63, 3.8) is 0 Å². The van der Waals surface area contributed by atoms with Crippen LogP contribution >= 0.6 is 0 Å². The second kappa shape index (κ2) is 6.43. The third-order valence-electron chi connectivity index (χ3n) is 3.34. The second-order valence-electron chi connectivity index (χ2n) is 4.91. The first-order chi connectivity index (χ1) is 9.17. The lowest BCUT2D eigenvalue weighted by Crippen LogP contribution is -2.49. The number of benzene rings is 1. The molecule has 104 valence electrons. The minimum absolute atomic E-state index is 0.161. The molecule has 1 fully saturated rings. The van der Waals surface area contributed by atoms with Gasteiger partial charge in [0, 0.05) is 24.3 Å². The van der Waals surface area contributed by atoms with Crippen molar-refractivity contribution in [3.05, 3.63) is 24.3 Å². The number of amides is 2. The third-order valence-corrected chi connectivity index (χ3v) is 3.34. The molecule has 1 aliphatic heterocycles. The smallest absolute Gasteiger partial charge is 0.319 e. The molecule has 5 nitrogen and oxygen atoms in total. The molecule has 1 aromatic rings. The molecule has 1 aromatic carbocycles. The number of ether oxygens (including phenoxy) is 1. The number of urea groups is 1. The van der Waals surface area contributed by atoms with Crippen LogP contribution in [0.3, 0.4) is 0 Å². The van der Waals surface area contributed by atoms with E-state index in [0.717, 1.165) is 30.8 Å². The van der Waals surface area contributed by atoms with Gasteiger partial charge < -0.3 is 20.7 Å². The molecule has 19 heavy (non-hydrogen) atoms. The molecule has 0 spiro atoms. The van der Waals surface area contributed by atoms with Crippen LogP contribution in [-0.4, -0.2) is 31.8 Å². The Morgan fingerprint density at radius 2 is 2.05 bits per heavy atom. The molecule has 1 saturated heterocycles. The Hall–Kier alpha value is -1.75. The Bertz CT molecular complexity index is 411. The number of carbonyl (C=O) groups is 1. The number of anilines is 1. The van der Waals surface area contributed by atoms with Gasteiger partial charge in [0.1, 0.15) is 5.75 Å². The van der Waals surface area contributed by atoms with Crippen LogP contribution in [0.5, 0.6) is 5.75 Å². The lowest BCUT2D eigenvalue weighted by atomic mass is 10.0. The summed E-state index contributed by atoms with van der Waals surface area (Å²) in [7, 11) is 1.62. The van der Waals surface area contributed by atoms with Gasteiger partial charge in [0.05, 0.1) is 7.11 Å². The monoisotopic (exact) mass is 263 g/mol. The first kappa shape index (κ1) is 13.7. The summed E-state index contributed by atoms with van der Waals surface area (Å²) in [5.74, 6) is 0.774. The summed E-state index contributed by atoms with van der Waals surface area (Å²) in [6, 6.07) is 7.86. The summed E-state index contributed by atoms with van der Waals surface area (Å²) in [6.07, 6.45) is 2.11. The summed E-state index contributed by atoms with van der Waals surface area (Å²) in [5, 5.41) is 9.15. The molecule has 5 heteroatoms. The standard InChI is InChI=1S/C14H21N3O2/c1-10-3-4-12(9-15-10)17-14(18)16-11-5-7-13(19-2)8-6-11/h5-8,10,12,15H,3-4,9H2,1-2H3,(H2,16,17,18). The molecule has 0 saturated carbocycles. The number of methoxy groups -OCH3 is 1. The second-order valence-corrected chi connectivity index (χ2v) is 4.91. The van der Waals surface area contributed by atoms with Gasteiger partial charge in [-0.1, -0.05) is 0 Å². The van der Waals surface area contributed by atoms with Crippen LogP contribution in [0.4, 0.5) is 10.5 Å². The normalized spacial score (nSPS) is 22.6. The molecule has 0 aromatic heterocycles. The van der Waals surface area contributed by atoms with E-state index in [1.807, 2.05) is 24.3 Å². The lowest BCUT2D eigenvalue weighted by Gasteiger charge is -2.28. The number of hydrogen-bond donors (Lipinski definition) is 3. The van der Waals surface area contributed by atoms with Gasteiger partial charge in [0.2, 0.25) is 0 Å². The maximum absolute atomic E-state index is 11.8. The highest BCUT2D eigenvalue weighted by Gasteiger charge is 2.18. The summed E-state index contributed by atoms with van der Waals surface area (Å²) in [4.78, 5) is 11.8. The Labute approximate surface area is 113 Å². The van der Waals surface area contributed by atoms with Crippen LogP contribution in [0.25, 0.3) is 0 Å². The molecule has 2 atom stereocenters. The maximum atomic E-state index is 11.8.